The van der Waals surface area contributed by atoms with Gasteiger partial charge in [0.1, 0.15) is 0 Å². The van der Waals surface area contributed by atoms with Gasteiger partial charge < -0.3 is 0 Å². The van der Waals surface area contributed by atoms with Crippen molar-refractivity contribution in [3.63, 3.8) is 0 Å². The van der Waals surface area contributed by atoms with Gasteiger partial charge in [-0.3, -0.25) is 0 Å². The van der Waals surface area contributed by atoms with Gasteiger partial charge in [0, 0.05) is 4.47 Å². The third kappa shape index (κ3) is 3.62. The molecule has 0 atom stereocenters. The largest absolute Gasteiger partial charge is 0.0842 e. The fourth-order valence-corrected chi connectivity index (χ4v) is 2.15. The van der Waals surface area contributed by atoms with Crippen molar-refractivity contribution in [2.45, 2.75) is 20.3 Å². The molecular weight excluding hydrogens is 316 g/mol. The van der Waals surface area contributed by atoms with Gasteiger partial charge in [0.05, 0.1) is 0 Å². The zero-order valence-corrected chi connectivity index (χ0v) is 12.1. The first-order valence-electron chi connectivity index (χ1n) is 4.94. The van der Waals surface area contributed by atoms with Crippen LogP contribution in [0.4, 0.5) is 0 Å². The summed E-state index contributed by atoms with van der Waals surface area (Å²) in [5.74, 6) is 0. The number of rotatable bonds is 3. The molecule has 0 heterocycles. The second-order valence-corrected chi connectivity index (χ2v) is 5.28. The summed E-state index contributed by atoms with van der Waals surface area (Å²) < 4.78 is 2.28. The highest BCUT2D eigenvalue weighted by atomic mass is 79.9. The number of halogens is 2. The van der Waals surface area contributed by atoms with Crippen LogP contribution in [0.1, 0.15) is 25.8 Å². The first-order valence-corrected chi connectivity index (χ1v) is 6.53. The molecule has 0 fully saturated rings. The van der Waals surface area contributed by atoms with Crippen LogP contribution in [-0.2, 0) is 0 Å². The standard InChI is InChI=1S/C13H14Br2/c1-3-4-7-11(10(2)14)12-8-5-6-9-13(12)15/h4-9H,3H2,1-2H3/b7-4-,11-10-. The fourth-order valence-electron chi connectivity index (χ4n) is 1.31. The molecule has 1 aromatic rings. The molecule has 0 spiro atoms. The summed E-state index contributed by atoms with van der Waals surface area (Å²) in [6.07, 6.45) is 5.37. The highest BCUT2D eigenvalue weighted by molar-refractivity contribution is 9.11. The van der Waals surface area contributed by atoms with E-state index < -0.39 is 0 Å². The van der Waals surface area contributed by atoms with Crippen molar-refractivity contribution in [1.29, 1.82) is 0 Å². The molecule has 0 saturated heterocycles. The van der Waals surface area contributed by atoms with Gasteiger partial charge in [0.15, 0.2) is 0 Å². The van der Waals surface area contributed by atoms with E-state index in [1.54, 1.807) is 0 Å². The van der Waals surface area contributed by atoms with Crippen molar-refractivity contribution in [3.05, 3.63) is 50.9 Å². The SMILES string of the molecule is CC/C=C\C(=C(/C)Br)c1ccccc1Br. The molecule has 1 aromatic carbocycles. The van der Waals surface area contributed by atoms with Crippen LogP contribution in [-0.4, -0.2) is 0 Å². The zero-order valence-electron chi connectivity index (χ0n) is 8.93. The van der Waals surface area contributed by atoms with Gasteiger partial charge in [-0.15, -0.1) is 0 Å². The fraction of sp³-hybridized carbons (Fsp3) is 0.231. The Morgan fingerprint density at radius 3 is 2.53 bits per heavy atom. The normalized spacial score (nSPS) is 13.1. The van der Waals surface area contributed by atoms with Crippen molar-refractivity contribution >= 4 is 37.4 Å². The van der Waals surface area contributed by atoms with Crippen LogP contribution in [0, 0.1) is 0 Å². The monoisotopic (exact) mass is 328 g/mol. The van der Waals surface area contributed by atoms with Crippen molar-refractivity contribution in [2.24, 2.45) is 0 Å². The topological polar surface area (TPSA) is 0 Å². The lowest BCUT2D eigenvalue weighted by molar-refractivity contribution is 1.22. The Hall–Kier alpha value is -0.340. The summed E-state index contributed by atoms with van der Waals surface area (Å²) in [4.78, 5) is 0. The Labute approximate surface area is 108 Å². The number of hydrogen-bond acceptors (Lipinski definition) is 0. The molecule has 0 aliphatic heterocycles. The van der Waals surface area contributed by atoms with E-state index in [-0.39, 0.29) is 0 Å². The van der Waals surface area contributed by atoms with Crippen molar-refractivity contribution in [2.75, 3.05) is 0 Å². The smallest absolute Gasteiger partial charge is 0.0254 e. The Kier molecular flexibility index (Phi) is 5.34. The van der Waals surface area contributed by atoms with Crippen LogP contribution in [0.5, 0.6) is 0 Å². The molecule has 1 rings (SSSR count). The van der Waals surface area contributed by atoms with E-state index in [4.69, 9.17) is 0 Å². The molecule has 0 saturated carbocycles. The quantitative estimate of drug-likeness (QED) is 0.638. The number of hydrogen-bond donors (Lipinski definition) is 0. The van der Waals surface area contributed by atoms with Crippen molar-refractivity contribution < 1.29 is 0 Å². The van der Waals surface area contributed by atoms with Gasteiger partial charge >= 0.3 is 0 Å². The van der Waals surface area contributed by atoms with Crippen LogP contribution in [0.3, 0.4) is 0 Å². The summed E-state index contributed by atoms with van der Waals surface area (Å²) in [5, 5.41) is 0. The molecule has 0 N–H and O–H groups in total. The van der Waals surface area contributed by atoms with Crippen LogP contribution < -0.4 is 0 Å². The summed E-state index contributed by atoms with van der Waals surface area (Å²) in [6, 6.07) is 8.25. The van der Waals surface area contributed by atoms with Gasteiger partial charge in [-0.1, -0.05) is 69.1 Å². The first-order chi connectivity index (χ1) is 7.16. The van der Waals surface area contributed by atoms with E-state index in [0.29, 0.717) is 0 Å². The van der Waals surface area contributed by atoms with Crippen LogP contribution >= 0.6 is 31.9 Å². The molecular formula is C13H14Br2. The van der Waals surface area contributed by atoms with Gasteiger partial charge in [0.2, 0.25) is 0 Å². The number of allylic oxidation sites excluding steroid dienone is 4. The minimum atomic E-state index is 1.05. The molecule has 0 aromatic heterocycles. The Morgan fingerprint density at radius 1 is 1.33 bits per heavy atom. The molecule has 0 nitrogen and oxygen atoms in total. The summed E-state index contributed by atoms with van der Waals surface area (Å²) in [7, 11) is 0. The van der Waals surface area contributed by atoms with Crippen LogP contribution in [0.25, 0.3) is 5.57 Å². The lowest BCUT2D eigenvalue weighted by atomic mass is 10.1. The first kappa shape index (κ1) is 12.7. The summed E-state index contributed by atoms with van der Waals surface area (Å²) in [6.45, 7) is 4.20. The van der Waals surface area contributed by atoms with Gasteiger partial charge in [0.25, 0.3) is 0 Å². The summed E-state index contributed by atoms with van der Waals surface area (Å²) >= 11 is 7.12. The highest BCUT2D eigenvalue weighted by Gasteiger charge is 2.04. The Balaban J connectivity index is 3.18. The van der Waals surface area contributed by atoms with E-state index in [2.05, 4.69) is 76.1 Å². The van der Waals surface area contributed by atoms with E-state index in [1.165, 1.54) is 11.1 Å². The molecule has 80 valence electrons. The maximum atomic E-state index is 3.57. The lowest BCUT2D eigenvalue weighted by Crippen LogP contribution is -1.84. The lowest BCUT2D eigenvalue weighted by Gasteiger charge is -2.06. The molecule has 0 aliphatic carbocycles. The third-order valence-corrected chi connectivity index (χ3v) is 3.17. The minimum Gasteiger partial charge on any atom is -0.0842 e. The average Bonchev–Trinajstić information content (AvgIpc) is 2.20. The van der Waals surface area contributed by atoms with E-state index in [1.807, 2.05) is 6.07 Å². The number of benzene rings is 1. The molecule has 0 amide bonds. The van der Waals surface area contributed by atoms with Crippen LogP contribution in [0.2, 0.25) is 0 Å². The predicted molar refractivity (Wildman–Crippen MR) is 75.1 cm³/mol. The molecule has 0 aliphatic rings. The minimum absolute atomic E-state index is 1.05. The van der Waals surface area contributed by atoms with Crippen LogP contribution in [0.15, 0.2) is 45.4 Å². The van der Waals surface area contributed by atoms with E-state index in [0.717, 1.165) is 15.4 Å². The van der Waals surface area contributed by atoms with Gasteiger partial charge in [-0.2, -0.15) is 0 Å². The molecule has 2 heteroatoms. The molecule has 15 heavy (non-hydrogen) atoms. The van der Waals surface area contributed by atoms with Crippen molar-refractivity contribution in [3.8, 4) is 0 Å². The molecule has 0 radical (unpaired) electrons. The predicted octanol–water partition coefficient (Wildman–Crippen LogP) is 5.54. The second-order valence-electron chi connectivity index (χ2n) is 3.24. The highest BCUT2D eigenvalue weighted by Crippen LogP contribution is 2.29. The second kappa shape index (κ2) is 6.29. The Bertz CT molecular complexity index is 385. The van der Waals surface area contributed by atoms with Gasteiger partial charge in [-0.25, -0.2) is 0 Å². The van der Waals surface area contributed by atoms with Crippen molar-refractivity contribution in [1.82, 2.24) is 0 Å². The van der Waals surface area contributed by atoms with E-state index >= 15 is 0 Å². The molecule has 0 bridgehead atoms. The molecule has 0 unspecified atom stereocenters. The summed E-state index contributed by atoms with van der Waals surface area (Å²) in [5.41, 5.74) is 2.45. The third-order valence-electron chi connectivity index (χ3n) is 2.06. The maximum Gasteiger partial charge on any atom is 0.0254 e. The maximum absolute atomic E-state index is 3.57. The van der Waals surface area contributed by atoms with Gasteiger partial charge in [-0.05, 0) is 35.0 Å². The zero-order chi connectivity index (χ0) is 11.3. The Morgan fingerprint density at radius 2 is 2.00 bits per heavy atom. The average molecular weight is 330 g/mol. The van der Waals surface area contributed by atoms with E-state index in [9.17, 15) is 0 Å².